The monoisotopic (exact) mass is 222 g/mol. The lowest BCUT2D eigenvalue weighted by atomic mass is 10.5. The summed E-state index contributed by atoms with van der Waals surface area (Å²) in [7, 11) is 0. The van der Waals surface area contributed by atoms with Gasteiger partial charge in [0, 0.05) is 6.20 Å². The number of carbonyl (C=O) groups excluding carboxylic acids is 1. The van der Waals surface area contributed by atoms with Crippen LogP contribution in [0.15, 0.2) is 12.5 Å². The third-order valence-corrected chi connectivity index (χ3v) is 1.47. The van der Waals surface area contributed by atoms with Gasteiger partial charge in [-0.15, -0.1) is 0 Å². The maximum absolute atomic E-state index is 11.7. The van der Waals surface area contributed by atoms with Crippen molar-refractivity contribution in [3.8, 4) is 0 Å². The van der Waals surface area contributed by atoms with Crippen molar-refractivity contribution in [3.63, 3.8) is 0 Å². The van der Waals surface area contributed by atoms with Gasteiger partial charge in [0.15, 0.2) is 0 Å². The predicted molar refractivity (Wildman–Crippen MR) is 45.7 cm³/mol. The summed E-state index contributed by atoms with van der Waals surface area (Å²) in [5.74, 6) is -0.539. The number of hydrogen-bond acceptors (Lipinski definition) is 3. The van der Waals surface area contributed by atoms with Crippen LogP contribution < -0.4 is 11.1 Å². The minimum absolute atomic E-state index is 0.207. The summed E-state index contributed by atoms with van der Waals surface area (Å²) < 4.78 is 36.4. The number of halogens is 3. The molecular formula is C7H9F3N4O. The number of nitrogen functional groups attached to an aromatic ring is 1. The summed E-state index contributed by atoms with van der Waals surface area (Å²) in [6.45, 7) is -1.57. The number of anilines is 1. The molecule has 0 fully saturated rings. The van der Waals surface area contributed by atoms with Crippen LogP contribution in [0.2, 0.25) is 0 Å². The Kier molecular flexibility index (Phi) is 3.17. The molecule has 15 heavy (non-hydrogen) atoms. The van der Waals surface area contributed by atoms with Crippen LogP contribution in [-0.2, 0) is 11.3 Å². The molecule has 5 nitrogen and oxygen atoms in total. The van der Waals surface area contributed by atoms with Gasteiger partial charge < -0.3 is 15.6 Å². The van der Waals surface area contributed by atoms with Crippen LogP contribution in [0.5, 0.6) is 0 Å². The van der Waals surface area contributed by atoms with E-state index in [2.05, 4.69) is 4.98 Å². The molecule has 1 amide bonds. The van der Waals surface area contributed by atoms with Crippen LogP contribution in [0.25, 0.3) is 0 Å². The van der Waals surface area contributed by atoms with E-state index in [4.69, 9.17) is 5.73 Å². The first-order valence-corrected chi connectivity index (χ1v) is 3.97. The quantitative estimate of drug-likeness (QED) is 0.764. The second-order valence-corrected chi connectivity index (χ2v) is 2.86. The summed E-state index contributed by atoms with van der Waals surface area (Å²) in [6, 6.07) is 0. The Hall–Kier alpha value is -1.73. The molecule has 1 aromatic rings. The number of hydrogen-bond donors (Lipinski definition) is 2. The van der Waals surface area contributed by atoms with E-state index in [9.17, 15) is 18.0 Å². The van der Waals surface area contributed by atoms with Gasteiger partial charge in [-0.25, -0.2) is 4.98 Å². The van der Waals surface area contributed by atoms with E-state index in [0.717, 1.165) is 0 Å². The molecule has 0 saturated heterocycles. The molecule has 0 radical (unpaired) electrons. The zero-order valence-electron chi connectivity index (χ0n) is 7.58. The summed E-state index contributed by atoms with van der Waals surface area (Å²) >= 11 is 0. The molecule has 1 rings (SSSR count). The van der Waals surface area contributed by atoms with E-state index in [1.165, 1.54) is 17.1 Å². The standard InChI is InChI=1S/C7H9F3N4O/c8-7(9,10)3-12-6(15)2-14-1-5(11)13-4-14/h1,4H,2-3,11H2,(H,12,15). The van der Waals surface area contributed by atoms with E-state index < -0.39 is 18.6 Å². The van der Waals surface area contributed by atoms with Crippen LogP contribution in [0.1, 0.15) is 0 Å². The van der Waals surface area contributed by atoms with Crippen LogP contribution in [0.4, 0.5) is 19.0 Å². The molecule has 0 bridgehead atoms. The van der Waals surface area contributed by atoms with Crippen molar-refractivity contribution in [2.75, 3.05) is 12.3 Å². The molecule has 0 atom stereocenters. The first-order valence-electron chi connectivity index (χ1n) is 3.97. The molecule has 0 aliphatic heterocycles. The average molecular weight is 222 g/mol. The van der Waals surface area contributed by atoms with Gasteiger partial charge in [0.25, 0.3) is 0 Å². The molecule has 0 aliphatic rings. The number of aromatic nitrogens is 2. The Labute approximate surface area is 83.1 Å². The highest BCUT2D eigenvalue weighted by atomic mass is 19.4. The number of imidazole rings is 1. The Morgan fingerprint density at radius 3 is 2.73 bits per heavy atom. The zero-order valence-corrected chi connectivity index (χ0v) is 7.58. The molecule has 1 heterocycles. The van der Waals surface area contributed by atoms with Gasteiger partial charge >= 0.3 is 6.18 Å². The van der Waals surface area contributed by atoms with Gasteiger partial charge in [-0.3, -0.25) is 4.79 Å². The molecule has 0 aromatic carbocycles. The van der Waals surface area contributed by atoms with Gasteiger partial charge in [-0.1, -0.05) is 0 Å². The third kappa shape index (κ3) is 4.34. The summed E-state index contributed by atoms with van der Waals surface area (Å²) in [5.41, 5.74) is 5.25. The first kappa shape index (κ1) is 11.3. The average Bonchev–Trinajstić information content (AvgIpc) is 2.47. The number of carbonyl (C=O) groups is 1. The predicted octanol–water partition coefficient (Wildman–Crippen LogP) is 0.144. The second kappa shape index (κ2) is 4.20. The minimum atomic E-state index is -4.40. The topological polar surface area (TPSA) is 72.9 Å². The number of rotatable bonds is 3. The van der Waals surface area contributed by atoms with E-state index in [1.807, 2.05) is 0 Å². The number of nitrogens with two attached hydrogens (primary N) is 1. The summed E-state index contributed by atoms with van der Waals surface area (Å²) in [4.78, 5) is 14.6. The maximum atomic E-state index is 11.7. The number of amides is 1. The molecule has 0 saturated carbocycles. The van der Waals surface area contributed by atoms with Gasteiger partial charge in [0.2, 0.25) is 5.91 Å². The summed E-state index contributed by atoms with van der Waals surface area (Å²) in [6.07, 6.45) is -1.78. The molecule has 0 unspecified atom stereocenters. The van der Waals surface area contributed by atoms with Crippen molar-refractivity contribution in [3.05, 3.63) is 12.5 Å². The Bertz CT molecular complexity index is 346. The van der Waals surface area contributed by atoms with Crippen LogP contribution in [0, 0.1) is 0 Å². The summed E-state index contributed by atoms with van der Waals surface area (Å²) in [5, 5.41) is 1.73. The van der Waals surface area contributed by atoms with E-state index >= 15 is 0 Å². The zero-order chi connectivity index (χ0) is 11.5. The van der Waals surface area contributed by atoms with E-state index in [0.29, 0.717) is 0 Å². The van der Waals surface area contributed by atoms with Crippen LogP contribution in [0.3, 0.4) is 0 Å². The molecule has 0 aliphatic carbocycles. The third-order valence-electron chi connectivity index (χ3n) is 1.47. The fraction of sp³-hybridized carbons (Fsp3) is 0.429. The number of nitrogens with one attached hydrogen (secondary N) is 1. The molecule has 8 heteroatoms. The molecule has 1 aromatic heterocycles. The first-order chi connectivity index (χ1) is 6.87. The van der Waals surface area contributed by atoms with Crippen molar-refractivity contribution < 1.29 is 18.0 Å². The second-order valence-electron chi connectivity index (χ2n) is 2.86. The van der Waals surface area contributed by atoms with Gasteiger partial charge in [0.05, 0.1) is 6.33 Å². The molecular weight excluding hydrogens is 213 g/mol. The Morgan fingerprint density at radius 2 is 2.27 bits per heavy atom. The number of nitrogens with zero attached hydrogens (tertiary/aromatic N) is 2. The highest BCUT2D eigenvalue weighted by Gasteiger charge is 2.27. The highest BCUT2D eigenvalue weighted by molar-refractivity contribution is 5.75. The lowest BCUT2D eigenvalue weighted by molar-refractivity contribution is -0.138. The van der Waals surface area contributed by atoms with Crippen LogP contribution in [-0.4, -0.2) is 28.2 Å². The van der Waals surface area contributed by atoms with Crippen molar-refractivity contribution in [1.29, 1.82) is 0 Å². The minimum Gasteiger partial charge on any atom is -0.382 e. The maximum Gasteiger partial charge on any atom is 0.405 e. The van der Waals surface area contributed by atoms with E-state index in [-0.39, 0.29) is 12.4 Å². The largest absolute Gasteiger partial charge is 0.405 e. The van der Waals surface area contributed by atoms with Gasteiger partial charge in [0.1, 0.15) is 18.9 Å². The van der Waals surface area contributed by atoms with Crippen molar-refractivity contribution >= 4 is 11.7 Å². The Morgan fingerprint density at radius 1 is 1.60 bits per heavy atom. The lowest BCUT2D eigenvalue weighted by Crippen LogP contribution is -2.35. The molecule has 0 spiro atoms. The van der Waals surface area contributed by atoms with Gasteiger partial charge in [-0.2, -0.15) is 13.2 Å². The molecule has 3 N–H and O–H groups in total. The Balaban J connectivity index is 2.37. The van der Waals surface area contributed by atoms with Crippen molar-refractivity contribution in [2.24, 2.45) is 0 Å². The van der Waals surface area contributed by atoms with Crippen molar-refractivity contribution in [1.82, 2.24) is 14.9 Å². The smallest absolute Gasteiger partial charge is 0.382 e. The van der Waals surface area contributed by atoms with Gasteiger partial charge in [-0.05, 0) is 0 Å². The molecule has 84 valence electrons. The fourth-order valence-corrected chi connectivity index (χ4v) is 0.884. The SMILES string of the molecule is Nc1cn(CC(=O)NCC(F)(F)F)cn1. The lowest BCUT2D eigenvalue weighted by Gasteiger charge is -2.08. The number of alkyl halides is 3. The highest BCUT2D eigenvalue weighted by Crippen LogP contribution is 2.12. The van der Waals surface area contributed by atoms with Crippen LogP contribution >= 0.6 is 0 Å². The van der Waals surface area contributed by atoms with Crippen molar-refractivity contribution in [2.45, 2.75) is 12.7 Å². The van der Waals surface area contributed by atoms with E-state index in [1.54, 1.807) is 5.32 Å². The fourth-order valence-electron chi connectivity index (χ4n) is 0.884. The normalized spacial score (nSPS) is 11.4.